The highest BCUT2D eigenvalue weighted by atomic mass is 127. The van der Waals surface area contributed by atoms with Crippen molar-refractivity contribution in [2.45, 2.75) is 26.3 Å². The summed E-state index contributed by atoms with van der Waals surface area (Å²) in [5.41, 5.74) is 1.21. The first kappa shape index (κ1) is 22.1. The number of hydrogen-bond acceptors (Lipinski definition) is 2. The highest BCUT2D eigenvalue weighted by molar-refractivity contribution is 14.0. The second-order valence-electron chi connectivity index (χ2n) is 6.09. The number of aliphatic imine (C=N–C) groups is 1. The minimum absolute atomic E-state index is 0. The maximum absolute atomic E-state index is 6.26. The van der Waals surface area contributed by atoms with Crippen LogP contribution in [0.5, 0.6) is 0 Å². The van der Waals surface area contributed by atoms with Crippen LogP contribution in [0, 0.1) is 18.3 Å². The highest BCUT2D eigenvalue weighted by Gasteiger charge is 2.19. The molecule has 0 spiro atoms. The number of guanidine groups is 1. The maximum Gasteiger partial charge on any atom is 0.192 e. The van der Waals surface area contributed by atoms with Crippen molar-refractivity contribution in [3.63, 3.8) is 0 Å². The van der Waals surface area contributed by atoms with Crippen LogP contribution in [0.3, 0.4) is 0 Å². The van der Waals surface area contributed by atoms with E-state index >= 15 is 0 Å². The number of terminal acetylenes is 1. The van der Waals surface area contributed by atoms with Gasteiger partial charge in [0.05, 0.1) is 6.54 Å². The standard InChI is InChI=1S/C19H27ClN4.HI/c1-3-11-22-19(21-4-2)23-14-16-9-12-24(13-10-16)15-17-7-5-6-8-18(17)20;/h1,5-8,16H,4,9-15H2,2H3,(H2,21,22,23);1H. The summed E-state index contributed by atoms with van der Waals surface area (Å²) in [4.78, 5) is 7.13. The zero-order valence-electron chi connectivity index (χ0n) is 14.8. The molecule has 0 aliphatic carbocycles. The third kappa shape index (κ3) is 7.85. The summed E-state index contributed by atoms with van der Waals surface area (Å²) in [6.07, 6.45) is 7.63. The van der Waals surface area contributed by atoms with Crippen molar-refractivity contribution in [2.24, 2.45) is 10.9 Å². The van der Waals surface area contributed by atoms with Crippen molar-refractivity contribution in [1.29, 1.82) is 0 Å². The Morgan fingerprint density at radius 1 is 1.32 bits per heavy atom. The van der Waals surface area contributed by atoms with Crippen LogP contribution in [-0.2, 0) is 6.54 Å². The van der Waals surface area contributed by atoms with Crippen LogP contribution in [0.2, 0.25) is 5.02 Å². The molecule has 2 N–H and O–H groups in total. The molecule has 1 aliphatic rings. The molecule has 0 aromatic heterocycles. The maximum atomic E-state index is 6.26. The Morgan fingerprint density at radius 3 is 2.68 bits per heavy atom. The lowest BCUT2D eigenvalue weighted by molar-refractivity contribution is 0.180. The van der Waals surface area contributed by atoms with Crippen LogP contribution in [0.25, 0.3) is 0 Å². The van der Waals surface area contributed by atoms with Gasteiger partial charge in [0.25, 0.3) is 0 Å². The SMILES string of the molecule is C#CCNC(=NCC1CCN(Cc2ccccc2Cl)CC1)NCC.I. The van der Waals surface area contributed by atoms with Crippen molar-refractivity contribution in [3.05, 3.63) is 34.9 Å². The molecule has 1 saturated heterocycles. The lowest BCUT2D eigenvalue weighted by Gasteiger charge is -2.31. The van der Waals surface area contributed by atoms with Gasteiger partial charge in [-0.2, -0.15) is 0 Å². The van der Waals surface area contributed by atoms with E-state index in [1.807, 2.05) is 18.2 Å². The van der Waals surface area contributed by atoms with Gasteiger partial charge < -0.3 is 10.6 Å². The fourth-order valence-corrected chi connectivity index (χ4v) is 3.09. The van der Waals surface area contributed by atoms with E-state index in [2.05, 4.69) is 39.4 Å². The lowest BCUT2D eigenvalue weighted by Crippen LogP contribution is -2.38. The molecule has 25 heavy (non-hydrogen) atoms. The van der Waals surface area contributed by atoms with Crippen molar-refractivity contribution < 1.29 is 0 Å². The van der Waals surface area contributed by atoms with Gasteiger partial charge in [0.1, 0.15) is 0 Å². The van der Waals surface area contributed by atoms with E-state index in [0.29, 0.717) is 12.5 Å². The summed E-state index contributed by atoms with van der Waals surface area (Å²) >= 11 is 6.26. The van der Waals surface area contributed by atoms with Crippen LogP contribution in [0.4, 0.5) is 0 Å². The molecule has 1 heterocycles. The minimum Gasteiger partial charge on any atom is -0.357 e. The van der Waals surface area contributed by atoms with Crippen LogP contribution in [-0.4, -0.2) is 43.6 Å². The fraction of sp³-hybridized carbons (Fsp3) is 0.526. The number of hydrogen-bond donors (Lipinski definition) is 2. The predicted molar refractivity (Wildman–Crippen MR) is 118 cm³/mol. The molecule has 1 aromatic rings. The van der Waals surface area contributed by atoms with Gasteiger partial charge in [-0.25, -0.2) is 0 Å². The third-order valence-corrected chi connectivity index (χ3v) is 4.64. The molecule has 1 aromatic carbocycles. The molecule has 0 atom stereocenters. The summed E-state index contributed by atoms with van der Waals surface area (Å²) in [7, 11) is 0. The molecular formula is C19H28ClIN4. The fourth-order valence-electron chi connectivity index (χ4n) is 2.89. The van der Waals surface area contributed by atoms with Gasteiger partial charge in [0.2, 0.25) is 0 Å². The largest absolute Gasteiger partial charge is 0.357 e. The highest BCUT2D eigenvalue weighted by Crippen LogP contribution is 2.22. The summed E-state index contributed by atoms with van der Waals surface area (Å²) in [5, 5.41) is 7.22. The molecule has 4 nitrogen and oxygen atoms in total. The van der Waals surface area contributed by atoms with Crippen molar-refractivity contribution in [1.82, 2.24) is 15.5 Å². The first-order chi connectivity index (χ1) is 11.7. The van der Waals surface area contributed by atoms with Gasteiger partial charge in [-0.3, -0.25) is 9.89 Å². The summed E-state index contributed by atoms with van der Waals surface area (Å²) in [6, 6.07) is 8.10. The average molecular weight is 475 g/mol. The van der Waals surface area contributed by atoms with E-state index in [-0.39, 0.29) is 24.0 Å². The van der Waals surface area contributed by atoms with Crippen LogP contribution in [0.1, 0.15) is 25.3 Å². The van der Waals surface area contributed by atoms with E-state index in [0.717, 1.165) is 43.7 Å². The quantitative estimate of drug-likeness (QED) is 0.287. The molecule has 0 radical (unpaired) electrons. The molecular weight excluding hydrogens is 447 g/mol. The Hall–Kier alpha value is -0.970. The van der Waals surface area contributed by atoms with E-state index in [9.17, 15) is 0 Å². The normalized spacial score (nSPS) is 16.0. The van der Waals surface area contributed by atoms with Crippen LogP contribution >= 0.6 is 35.6 Å². The number of rotatable bonds is 6. The van der Waals surface area contributed by atoms with E-state index in [1.165, 1.54) is 18.4 Å². The van der Waals surface area contributed by atoms with Gasteiger partial charge in [-0.1, -0.05) is 35.7 Å². The summed E-state index contributed by atoms with van der Waals surface area (Å²) < 4.78 is 0. The Labute approximate surface area is 173 Å². The Balaban J connectivity index is 0.00000312. The van der Waals surface area contributed by atoms with E-state index in [1.54, 1.807) is 0 Å². The molecule has 0 unspecified atom stereocenters. The number of benzene rings is 1. The number of likely N-dealkylation sites (tertiary alicyclic amines) is 1. The average Bonchev–Trinajstić information content (AvgIpc) is 2.60. The first-order valence-corrected chi connectivity index (χ1v) is 9.02. The van der Waals surface area contributed by atoms with Crippen molar-refractivity contribution in [3.8, 4) is 12.3 Å². The first-order valence-electron chi connectivity index (χ1n) is 8.64. The molecule has 0 amide bonds. The molecule has 0 bridgehead atoms. The molecule has 138 valence electrons. The monoisotopic (exact) mass is 474 g/mol. The molecule has 6 heteroatoms. The lowest BCUT2D eigenvalue weighted by atomic mass is 9.96. The molecule has 1 fully saturated rings. The molecule has 2 rings (SSSR count). The summed E-state index contributed by atoms with van der Waals surface area (Å²) in [6.45, 7) is 7.37. The molecule has 1 aliphatic heterocycles. The van der Waals surface area contributed by atoms with Gasteiger partial charge >= 0.3 is 0 Å². The van der Waals surface area contributed by atoms with Crippen LogP contribution in [0.15, 0.2) is 29.3 Å². The third-order valence-electron chi connectivity index (χ3n) is 4.27. The van der Waals surface area contributed by atoms with Gasteiger partial charge in [-0.15, -0.1) is 30.4 Å². The topological polar surface area (TPSA) is 39.7 Å². The van der Waals surface area contributed by atoms with Crippen molar-refractivity contribution in [2.75, 3.05) is 32.7 Å². The smallest absolute Gasteiger partial charge is 0.192 e. The number of halogens is 2. The zero-order chi connectivity index (χ0) is 17.2. The van der Waals surface area contributed by atoms with Gasteiger partial charge in [-0.05, 0) is 50.4 Å². The van der Waals surface area contributed by atoms with E-state index in [4.69, 9.17) is 18.0 Å². The Bertz CT molecular complexity index is 577. The summed E-state index contributed by atoms with van der Waals surface area (Å²) in [5.74, 6) is 4.03. The Kier molecular flexibility index (Phi) is 10.9. The second-order valence-corrected chi connectivity index (χ2v) is 6.50. The number of nitrogens with one attached hydrogen (secondary N) is 2. The second kappa shape index (κ2) is 12.4. The molecule has 0 saturated carbocycles. The van der Waals surface area contributed by atoms with Crippen LogP contribution < -0.4 is 10.6 Å². The minimum atomic E-state index is 0. The zero-order valence-corrected chi connectivity index (χ0v) is 17.9. The van der Waals surface area contributed by atoms with Gasteiger partial charge in [0, 0.05) is 24.7 Å². The number of piperidine rings is 1. The van der Waals surface area contributed by atoms with Gasteiger partial charge in [0.15, 0.2) is 5.96 Å². The predicted octanol–water partition coefficient (Wildman–Crippen LogP) is 3.36. The van der Waals surface area contributed by atoms with Crippen molar-refractivity contribution >= 4 is 41.5 Å². The van der Waals surface area contributed by atoms with E-state index < -0.39 is 0 Å². The Morgan fingerprint density at radius 2 is 2.04 bits per heavy atom. The number of nitrogens with zero attached hydrogens (tertiary/aromatic N) is 2.